The molecule has 0 heteroatoms. The van der Waals surface area contributed by atoms with Crippen molar-refractivity contribution >= 4 is 118 Å². The molecule has 0 bridgehead atoms. The SMILES string of the molecule is c1cc(-c2ccc(-c3c4ccccc4c(-c4cccc5ccccc45)c4ccccc34)cc2)cc(-c2ccc3ccccc3c2)c1.c1cc(-c2ccc3ccccc3c2)cc(-c2c3ccccc3c(-c3cccc4ccccc34)c3ccccc23)c1.c1ccc(-c2cccc(-c3ccc(-c4c5ccccc5c(-c5cccc6ccccc56)c5ccccc45)cc3)c2)cc1. The molecular weight excluding hydrogens is 1540 g/mol. The van der Waals surface area contributed by atoms with E-state index in [1.807, 2.05) is 0 Å². The molecular formula is C128H84. The van der Waals surface area contributed by atoms with Crippen molar-refractivity contribution in [2.75, 3.05) is 0 Å². The highest BCUT2D eigenvalue weighted by atomic mass is 14.3. The topological polar surface area (TPSA) is 0 Å². The Morgan fingerprint density at radius 1 is 0.0781 bits per heavy atom. The van der Waals surface area contributed by atoms with Crippen molar-refractivity contribution in [3.8, 4) is 122 Å². The van der Waals surface area contributed by atoms with Gasteiger partial charge in [-0.1, -0.05) is 479 Å². The van der Waals surface area contributed by atoms with Crippen molar-refractivity contribution < 1.29 is 0 Å². The van der Waals surface area contributed by atoms with E-state index >= 15 is 0 Å². The van der Waals surface area contributed by atoms with Gasteiger partial charge in [0.05, 0.1) is 0 Å². The van der Waals surface area contributed by atoms with Crippen LogP contribution in [-0.2, 0) is 0 Å². The number of hydrogen-bond donors (Lipinski definition) is 0. The first-order chi connectivity index (χ1) is 63.5. The quantitative estimate of drug-likeness (QED) is 0.113. The fourth-order valence-electron chi connectivity index (χ4n) is 20.2. The van der Waals surface area contributed by atoms with Crippen molar-refractivity contribution in [1.82, 2.24) is 0 Å². The van der Waals surface area contributed by atoms with Crippen LogP contribution >= 0.6 is 0 Å². The minimum Gasteiger partial charge on any atom is -0.0622 e. The summed E-state index contributed by atoms with van der Waals surface area (Å²) >= 11 is 0. The molecule has 0 aliphatic rings. The summed E-state index contributed by atoms with van der Waals surface area (Å²) in [7, 11) is 0. The molecule has 0 heterocycles. The van der Waals surface area contributed by atoms with E-state index in [4.69, 9.17) is 0 Å². The summed E-state index contributed by atoms with van der Waals surface area (Å²) in [6, 6.07) is 186. The average molecular weight is 1620 g/mol. The molecule has 0 aromatic heterocycles. The zero-order chi connectivity index (χ0) is 84.8. The average Bonchev–Trinajstić information content (AvgIpc) is 0.732. The highest BCUT2D eigenvalue weighted by Crippen LogP contribution is 2.51. The first-order valence-electron chi connectivity index (χ1n) is 44.3. The van der Waals surface area contributed by atoms with Crippen molar-refractivity contribution in [3.63, 3.8) is 0 Å². The van der Waals surface area contributed by atoms with Gasteiger partial charge in [0.1, 0.15) is 0 Å². The Balaban J connectivity index is 0.000000110. The Morgan fingerprint density at radius 2 is 0.258 bits per heavy atom. The van der Waals surface area contributed by atoms with Gasteiger partial charge in [0.15, 0.2) is 0 Å². The Morgan fingerprint density at radius 3 is 0.570 bits per heavy atom. The smallest absolute Gasteiger partial charge is 0.00201 e. The van der Waals surface area contributed by atoms with Crippen LogP contribution in [0.25, 0.3) is 241 Å². The van der Waals surface area contributed by atoms with E-state index in [-0.39, 0.29) is 0 Å². The van der Waals surface area contributed by atoms with Gasteiger partial charge in [0, 0.05) is 0 Å². The van der Waals surface area contributed by atoms with E-state index in [9.17, 15) is 0 Å². The van der Waals surface area contributed by atoms with Gasteiger partial charge >= 0.3 is 0 Å². The molecule has 0 aliphatic heterocycles. The van der Waals surface area contributed by atoms with E-state index in [2.05, 4.69) is 510 Å². The van der Waals surface area contributed by atoms with Crippen molar-refractivity contribution in [1.29, 1.82) is 0 Å². The predicted molar refractivity (Wildman–Crippen MR) is 552 cm³/mol. The third-order valence-corrected chi connectivity index (χ3v) is 26.1. The Hall–Kier alpha value is -16.6. The van der Waals surface area contributed by atoms with Crippen LogP contribution in [0.1, 0.15) is 0 Å². The normalized spacial score (nSPS) is 11.4. The molecule has 25 rings (SSSR count). The Labute approximate surface area is 745 Å². The van der Waals surface area contributed by atoms with Crippen LogP contribution in [0.5, 0.6) is 0 Å². The third-order valence-electron chi connectivity index (χ3n) is 26.1. The molecule has 596 valence electrons. The summed E-state index contributed by atoms with van der Waals surface area (Å²) in [5.74, 6) is 0. The largest absolute Gasteiger partial charge is 0.0622 e. The maximum atomic E-state index is 2.36. The van der Waals surface area contributed by atoms with Crippen LogP contribution in [0.4, 0.5) is 0 Å². The van der Waals surface area contributed by atoms with Gasteiger partial charge < -0.3 is 0 Å². The number of hydrogen-bond acceptors (Lipinski definition) is 0. The first kappa shape index (κ1) is 76.3. The van der Waals surface area contributed by atoms with Crippen LogP contribution in [0.3, 0.4) is 0 Å². The Bertz CT molecular complexity index is 8420. The molecule has 25 aromatic carbocycles. The lowest BCUT2D eigenvalue weighted by atomic mass is 9.84. The predicted octanol–water partition coefficient (Wildman–Crippen LogP) is 36.1. The zero-order valence-corrected chi connectivity index (χ0v) is 70.5. The van der Waals surface area contributed by atoms with E-state index < -0.39 is 0 Å². The molecule has 0 aliphatic carbocycles. The molecule has 0 fully saturated rings. The standard InChI is InChI=1S/C46H30.C42H28.C40H26/c1-2-13-35-30-38(28-25-31(35)11-1)37-16-9-15-36(29-37)32-23-26-34(27-24-32)45-41-18-5-7-20-43(41)46(44-21-8-6-19-42(44)45)40-22-10-14-33-12-3-4-17-39(33)40;1-2-12-29(13-3-1)33-16-10-17-34(28-33)30-24-26-32(27-25-30)41-37-19-6-8-21-39(37)42(40-22-9-7-20-38(40)41)36-23-11-15-31-14-4-5-18-35(31)36;1-2-13-29-25-31(24-23-27(29)11-1)30-15-9-16-32(26-30)39-35-18-5-7-20-37(35)40(38-21-8-6-19-36(38)39)34-22-10-14-28-12-3-4-17-33(28)34/h1-30H;1-28H;1-26H. The van der Waals surface area contributed by atoms with Gasteiger partial charge in [-0.15, -0.1) is 0 Å². The fourth-order valence-corrected chi connectivity index (χ4v) is 20.2. The minimum atomic E-state index is 1.22. The number of benzene rings is 25. The molecule has 0 atom stereocenters. The zero-order valence-electron chi connectivity index (χ0n) is 70.5. The lowest BCUT2D eigenvalue weighted by Crippen LogP contribution is -1.92. The monoisotopic (exact) mass is 1620 g/mol. The summed E-state index contributed by atoms with van der Waals surface area (Å²) in [6.45, 7) is 0. The molecule has 0 saturated carbocycles. The van der Waals surface area contributed by atoms with E-state index in [0.717, 1.165) is 0 Å². The minimum absolute atomic E-state index is 1.22. The molecule has 0 unspecified atom stereocenters. The van der Waals surface area contributed by atoms with Gasteiger partial charge in [0.25, 0.3) is 0 Å². The highest BCUT2D eigenvalue weighted by molar-refractivity contribution is 6.27. The summed E-state index contributed by atoms with van der Waals surface area (Å²) in [6.07, 6.45) is 0. The fraction of sp³-hybridized carbons (Fsp3) is 0. The third kappa shape index (κ3) is 14.0. The second-order valence-electron chi connectivity index (χ2n) is 33.5. The lowest BCUT2D eigenvalue weighted by Gasteiger charge is -2.19. The van der Waals surface area contributed by atoms with Crippen LogP contribution in [0, 0.1) is 0 Å². The van der Waals surface area contributed by atoms with Crippen LogP contribution in [0.2, 0.25) is 0 Å². The second-order valence-corrected chi connectivity index (χ2v) is 33.5. The summed E-state index contributed by atoms with van der Waals surface area (Å²) in [4.78, 5) is 0. The van der Waals surface area contributed by atoms with Crippen LogP contribution in [0.15, 0.2) is 510 Å². The number of fused-ring (bicyclic) bond motifs is 11. The van der Waals surface area contributed by atoms with Crippen LogP contribution < -0.4 is 0 Å². The molecule has 0 N–H and O–H groups in total. The van der Waals surface area contributed by atoms with Crippen molar-refractivity contribution in [3.05, 3.63) is 510 Å². The van der Waals surface area contributed by atoms with E-state index in [1.165, 1.54) is 241 Å². The van der Waals surface area contributed by atoms with Gasteiger partial charge in [0.2, 0.25) is 0 Å². The van der Waals surface area contributed by atoms with Crippen molar-refractivity contribution in [2.24, 2.45) is 0 Å². The molecule has 0 spiro atoms. The summed E-state index contributed by atoms with van der Waals surface area (Å²) in [5, 5.41) is 28.0. The van der Waals surface area contributed by atoms with Crippen LogP contribution in [-0.4, -0.2) is 0 Å². The van der Waals surface area contributed by atoms with Gasteiger partial charge in [-0.3, -0.25) is 0 Å². The highest BCUT2D eigenvalue weighted by Gasteiger charge is 2.23. The summed E-state index contributed by atoms with van der Waals surface area (Å²) in [5.41, 5.74) is 27.6. The molecule has 128 heavy (non-hydrogen) atoms. The Kier molecular flexibility index (Phi) is 19.8. The first-order valence-corrected chi connectivity index (χ1v) is 44.3. The molecule has 0 nitrogen and oxygen atoms in total. The summed E-state index contributed by atoms with van der Waals surface area (Å²) < 4.78 is 0. The molecule has 0 amide bonds. The van der Waals surface area contributed by atoms with Crippen molar-refractivity contribution in [2.45, 2.75) is 0 Å². The molecule has 25 aromatic rings. The maximum Gasteiger partial charge on any atom is -0.00201 e. The van der Waals surface area contributed by atoms with Gasteiger partial charge in [-0.05, 0) is 271 Å². The number of rotatable bonds is 11. The van der Waals surface area contributed by atoms with Gasteiger partial charge in [-0.25, -0.2) is 0 Å². The molecule has 0 radical (unpaired) electrons. The van der Waals surface area contributed by atoms with E-state index in [1.54, 1.807) is 0 Å². The van der Waals surface area contributed by atoms with Gasteiger partial charge in [-0.2, -0.15) is 0 Å². The van der Waals surface area contributed by atoms with E-state index in [0.29, 0.717) is 0 Å². The maximum absolute atomic E-state index is 2.36. The molecule has 0 saturated heterocycles. The lowest BCUT2D eigenvalue weighted by molar-refractivity contribution is 1.58. The second kappa shape index (κ2) is 33.2.